The number of rotatable bonds is 6. The van der Waals surface area contributed by atoms with Gasteiger partial charge in [0.25, 0.3) is 0 Å². The van der Waals surface area contributed by atoms with E-state index in [0.29, 0.717) is 18.8 Å². The lowest BCUT2D eigenvalue weighted by atomic mass is 10.1. The number of hydrogen-bond acceptors (Lipinski definition) is 5. The molecule has 0 radical (unpaired) electrons. The SMILES string of the molecule is COCc1cc(C=O)ccc1COC(=O)C1CO1. The molecule has 0 saturated carbocycles. The number of epoxide rings is 1. The fraction of sp³-hybridized carbons (Fsp3) is 0.385. The molecule has 0 N–H and O–H groups in total. The fourth-order valence-corrected chi connectivity index (χ4v) is 1.58. The maximum atomic E-state index is 11.3. The van der Waals surface area contributed by atoms with Crippen LogP contribution in [0, 0.1) is 0 Å². The highest BCUT2D eigenvalue weighted by molar-refractivity contribution is 5.77. The summed E-state index contributed by atoms with van der Waals surface area (Å²) in [5.74, 6) is -0.349. The Bertz CT molecular complexity index is 451. The van der Waals surface area contributed by atoms with Crippen molar-refractivity contribution in [3.8, 4) is 0 Å². The molecule has 0 amide bonds. The first-order valence-corrected chi connectivity index (χ1v) is 5.58. The summed E-state index contributed by atoms with van der Waals surface area (Å²) in [6, 6.07) is 5.18. The van der Waals surface area contributed by atoms with Gasteiger partial charge in [0, 0.05) is 12.7 Å². The summed E-state index contributed by atoms with van der Waals surface area (Å²) in [7, 11) is 1.57. The van der Waals surface area contributed by atoms with Crippen LogP contribution in [0.2, 0.25) is 0 Å². The van der Waals surface area contributed by atoms with Gasteiger partial charge in [0.2, 0.25) is 0 Å². The third kappa shape index (κ3) is 3.15. The van der Waals surface area contributed by atoms with E-state index >= 15 is 0 Å². The van der Waals surface area contributed by atoms with Crippen LogP contribution in [0.4, 0.5) is 0 Å². The largest absolute Gasteiger partial charge is 0.459 e. The average molecular weight is 250 g/mol. The van der Waals surface area contributed by atoms with E-state index < -0.39 is 6.10 Å². The molecule has 1 unspecified atom stereocenters. The normalized spacial score (nSPS) is 17.3. The summed E-state index contributed by atoms with van der Waals surface area (Å²) in [5, 5.41) is 0. The second kappa shape index (κ2) is 5.75. The van der Waals surface area contributed by atoms with E-state index in [4.69, 9.17) is 14.2 Å². The molecular formula is C13H14O5. The molecule has 96 valence electrons. The highest BCUT2D eigenvalue weighted by Gasteiger charge is 2.32. The van der Waals surface area contributed by atoms with Crippen molar-refractivity contribution < 1.29 is 23.8 Å². The lowest BCUT2D eigenvalue weighted by Gasteiger charge is -2.10. The monoisotopic (exact) mass is 250 g/mol. The summed E-state index contributed by atoms with van der Waals surface area (Å²) in [6.45, 7) is 0.971. The number of ether oxygens (including phenoxy) is 3. The van der Waals surface area contributed by atoms with Gasteiger partial charge in [-0.05, 0) is 17.2 Å². The number of methoxy groups -OCH3 is 1. The fourth-order valence-electron chi connectivity index (χ4n) is 1.58. The zero-order valence-corrected chi connectivity index (χ0v) is 10.0. The molecule has 0 bridgehead atoms. The van der Waals surface area contributed by atoms with Crippen LogP contribution in [0.1, 0.15) is 21.5 Å². The Balaban J connectivity index is 2.04. The van der Waals surface area contributed by atoms with Crippen LogP contribution in [0.15, 0.2) is 18.2 Å². The van der Waals surface area contributed by atoms with Crippen molar-refractivity contribution in [2.45, 2.75) is 19.3 Å². The van der Waals surface area contributed by atoms with E-state index in [1.54, 1.807) is 25.3 Å². The highest BCUT2D eigenvalue weighted by atomic mass is 16.6. The third-order valence-electron chi connectivity index (χ3n) is 2.63. The van der Waals surface area contributed by atoms with Crippen molar-refractivity contribution >= 4 is 12.3 Å². The van der Waals surface area contributed by atoms with Crippen molar-refractivity contribution in [1.29, 1.82) is 0 Å². The Kier molecular flexibility index (Phi) is 4.07. The zero-order valence-electron chi connectivity index (χ0n) is 10.0. The molecular weight excluding hydrogens is 236 g/mol. The highest BCUT2D eigenvalue weighted by Crippen LogP contribution is 2.16. The Morgan fingerprint density at radius 1 is 1.44 bits per heavy atom. The first kappa shape index (κ1) is 12.7. The first-order chi connectivity index (χ1) is 8.74. The molecule has 2 rings (SSSR count). The van der Waals surface area contributed by atoms with E-state index in [0.717, 1.165) is 17.4 Å². The molecule has 1 aliphatic heterocycles. The second-order valence-electron chi connectivity index (χ2n) is 4.01. The van der Waals surface area contributed by atoms with Crippen LogP contribution < -0.4 is 0 Å². The van der Waals surface area contributed by atoms with E-state index in [-0.39, 0.29) is 12.6 Å². The van der Waals surface area contributed by atoms with E-state index in [9.17, 15) is 9.59 Å². The van der Waals surface area contributed by atoms with Gasteiger partial charge < -0.3 is 14.2 Å². The summed E-state index contributed by atoms with van der Waals surface area (Å²) in [6.07, 6.45) is 0.373. The van der Waals surface area contributed by atoms with Crippen molar-refractivity contribution in [3.05, 3.63) is 34.9 Å². The molecule has 5 heteroatoms. The quantitative estimate of drug-likeness (QED) is 0.429. The molecule has 0 aliphatic carbocycles. The lowest BCUT2D eigenvalue weighted by molar-refractivity contribution is -0.146. The molecule has 1 aromatic carbocycles. The molecule has 1 atom stereocenters. The molecule has 1 aliphatic rings. The van der Waals surface area contributed by atoms with Gasteiger partial charge in [-0.3, -0.25) is 4.79 Å². The van der Waals surface area contributed by atoms with Gasteiger partial charge >= 0.3 is 5.97 Å². The number of carbonyl (C=O) groups excluding carboxylic acids is 2. The van der Waals surface area contributed by atoms with Crippen molar-refractivity contribution in [2.75, 3.05) is 13.7 Å². The Labute approximate surface area is 105 Å². The smallest absolute Gasteiger partial charge is 0.338 e. The summed E-state index contributed by atoms with van der Waals surface area (Å²) >= 11 is 0. The van der Waals surface area contributed by atoms with Crippen LogP contribution in [-0.2, 0) is 32.2 Å². The van der Waals surface area contributed by atoms with Gasteiger partial charge in [-0.25, -0.2) is 4.79 Å². The minimum absolute atomic E-state index is 0.163. The molecule has 0 aromatic heterocycles. The Hall–Kier alpha value is -1.72. The Morgan fingerprint density at radius 2 is 2.22 bits per heavy atom. The number of carbonyl (C=O) groups is 2. The van der Waals surface area contributed by atoms with E-state index in [1.165, 1.54) is 0 Å². The van der Waals surface area contributed by atoms with Crippen molar-refractivity contribution in [3.63, 3.8) is 0 Å². The minimum atomic E-state index is -0.398. The van der Waals surface area contributed by atoms with Gasteiger partial charge in [-0.15, -0.1) is 0 Å². The van der Waals surface area contributed by atoms with E-state index in [2.05, 4.69) is 0 Å². The third-order valence-corrected chi connectivity index (χ3v) is 2.63. The summed E-state index contributed by atoms with van der Waals surface area (Å²) in [5.41, 5.74) is 2.24. The predicted molar refractivity (Wildman–Crippen MR) is 62.1 cm³/mol. The van der Waals surface area contributed by atoms with Gasteiger partial charge in [0.15, 0.2) is 6.10 Å². The van der Waals surface area contributed by atoms with Crippen LogP contribution in [0.5, 0.6) is 0 Å². The zero-order chi connectivity index (χ0) is 13.0. The maximum absolute atomic E-state index is 11.3. The van der Waals surface area contributed by atoms with Crippen LogP contribution in [0.25, 0.3) is 0 Å². The molecule has 5 nitrogen and oxygen atoms in total. The summed E-state index contributed by atoms with van der Waals surface area (Å²) in [4.78, 5) is 22.0. The molecule has 1 fully saturated rings. The number of esters is 1. The van der Waals surface area contributed by atoms with Gasteiger partial charge in [0.1, 0.15) is 12.9 Å². The number of aldehydes is 1. The molecule has 0 spiro atoms. The molecule has 1 saturated heterocycles. The van der Waals surface area contributed by atoms with Gasteiger partial charge in [-0.1, -0.05) is 12.1 Å². The maximum Gasteiger partial charge on any atom is 0.338 e. The first-order valence-electron chi connectivity index (χ1n) is 5.58. The topological polar surface area (TPSA) is 65.1 Å². The molecule has 18 heavy (non-hydrogen) atoms. The number of benzene rings is 1. The van der Waals surface area contributed by atoms with E-state index in [1.807, 2.05) is 0 Å². The van der Waals surface area contributed by atoms with Gasteiger partial charge in [-0.2, -0.15) is 0 Å². The standard InChI is InChI=1S/C13H14O5/c1-16-6-11-4-9(5-14)2-3-10(11)7-18-13(15)12-8-17-12/h2-5,12H,6-8H2,1H3. The Morgan fingerprint density at radius 3 is 2.83 bits per heavy atom. The summed E-state index contributed by atoms with van der Waals surface area (Å²) < 4.78 is 15.0. The predicted octanol–water partition coefficient (Wildman–Crippen LogP) is 1.09. The van der Waals surface area contributed by atoms with Crippen molar-refractivity contribution in [2.24, 2.45) is 0 Å². The molecule has 1 heterocycles. The van der Waals surface area contributed by atoms with Gasteiger partial charge in [0.05, 0.1) is 13.2 Å². The second-order valence-corrected chi connectivity index (χ2v) is 4.01. The lowest BCUT2D eigenvalue weighted by Crippen LogP contribution is -2.12. The molecule has 1 aromatic rings. The average Bonchev–Trinajstić information content (AvgIpc) is 3.21. The van der Waals surface area contributed by atoms with Crippen LogP contribution in [-0.4, -0.2) is 32.1 Å². The van der Waals surface area contributed by atoms with Crippen LogP contribution in [0.3, 0.4) is 0 Å². The number of hydrogen-bond donors (Lipinski definition) is 0. The van der Waals surface area contributed by atoms with Crippen LogP contribution >= 0.6 is 0 Å². The van der Waals surface area contributed by atoms with Crippen molar-refractivity contribution in [1.82, 2.24) is 0 Å². The minimum Gasteiger partial charge on any atom is -0.459 e.